The number of rotatable bonds is 0. The number of anilines is 1. The van der Waals surface area contributed by atoms with Gasteiger partial charge in [-0.3, -0.25) is 4.40 Å². The van der Waals surface area contributed by atoms with Crippen LogP contribution in [-0.4, -0.2) is 9.38 Å². The fourth-order valence-electron chi connectivity index (χ4n) is 1.95. The van der Waals surface area contributed by atoms with Crippen LogP contribution in [0, 0.1) is 34.6 Å². The molecule has 2 heterocycles. The van der Waals surface area contributed by atoms with E-state index in [2.05, 4.69) is 25.8 Å². The second-order valence-corrected chi connectivity index (χ2v) is 4.20. The predicted molar refractivity (Wildman–Crippen MR) is 63.3 cm³/mol. The predicted octanol–water partition coefficient (Wildman–Crippen LogP) is 2.46. The average molecular weight is 203 g/mol. The normalized spacial score (nSPS) is 11.3. The number of nitrogens with two attached hydrogens (primary N) is 1. The minimum Gasteiger partial charge on any atom is -0.385 e. The summed E-state index contributed by atoms with van der Waals surface area (Å²) in [6.07, 6.45) is 0. The molecule has 3 nitrogen and oxygen atoms in total. The number of aromatic nitrogens is 2. The van der Waals surface area contributed by atoms with Crippen LogP contribution < -0.4 is 5.73 Å². The molecular weight excluding hydrogens is 186 g/mol. The van der Waals surface area contributed by atoms with E-state index in [9.17, 15) is 0 Å². The lowest BCUT2D eigenvalue weighted by Gasteiger charge is -2.09. The fourth-order valence-corrected chi connectivity index (χ4v) is 1.95. The van der Waals surface area contributed by atoms with Gasteiger partial charge in [-0.2, -0.15) is 0 Å². The summed E-state index contributed by atoms with van der Waals surface area (Å²) in [5.41, 5.74) is 12.9. The fraction of sp³-hybridized carbons (Fsp3) is 0.417. The molecule has 0 saturated carbocycles. The van der Waals surface area contributed by atoms with Crippen LogP contribution >= 0.6 is 0 Å². The Bertz CT molecular complexity index is 550. The Kier molecular flexibility index (Phi) is 2.00. The number of fused-ring (bicyclic) bond motifs is 1. The topological polar surface area (TPSA) is 43.3 Å². The lowest BCUT2D eigenvalue weighted by Crippen LogP contribution is -2.03. The highest BCUT2D eigenvalue weighted by Gasteiger charge is 2.14. The molecule has 0 unspecified atom stereocenters. The SMILES string of the molecule is Cc1nc2c(C)c(C)c(N)n2c(C)c1C. The first-order chi connectivity index (χ1) is 6.95. The van der Waals surface area contributed by atoms with Crippen LogP contribution in [0.25, 0.3) is 5.65 Å². The van der Waals surface area contributed by atoms with E-state index >= 15 is 0 Å². The van der Waals surface area contributed by atoms with Crippen molar-refractivity contribution >= 4 is 11.5 Å². The minimum absolute atomic E-state index is 0.815. The summed E-state index contributed by atoms with van der Waals surface area (Å²) in [4.78, 5) is 4.60. The van der Waals surface area contributed by atoms with Crippen LogP contribution in [0.4, 0.5) is 5.82 Å². The van der Waals surface area contributed by atoms with Crippen LogP contribution in [-0.2, 0) is 0 Å². The van der Waals surface area contributed by atoms with Crippen LogP contribution in [0.15, 0.2) is 0 Å². The number of nitrogen functional groups attached to an aromatic ring is 1. The van der Waals surface area contributed by atoms with Gasteiger partial charge in [-0.25, -0.2) is 4.98 Å². The van der Waals surface area contributed by atoms with Gasteiger partial charge in [0.15, 0.2) is 0 Å². The van der Waals surface area contributed by atoms with Gasteiger partial charge in [-0.15, -0.1) is 0 Å². The molecule has 0 spiro atoms. The smallest absolute Gasteiger partial charge is 0.142 e. The molecule has 0 amide bonds. The van der Waals surface area contributed by atoms with E-state index in [4.69, 9.17) is 5.73 Å². The summed E-state index contributed by atoms with van der Waals surface area (Å²) in [7, 11) is 0. The van der Waals surface area contributed by atoms with Crippen molar-refractivity contribution in [1.29, 1.82) is 0 Å². The van der Waals surface area contributed by atoms with Crippen molar-refractivity contribution in [2.24, 2.45) is 0 Å². The Morgan fingerprint density at radius 2 is 1.53 bits per heavy atom. The maximum Gasteiger partial charge on any atom is 0.142 e. The van der Waals surface area contributed by atoms with E-state index < -0.39 is 0 Å². The first kappa shape index (κ1) is 10.0. The van der Waals surface area contributed by atoms with E-state index in [1.54, 1.807) is 0 Å². The molecule has 80 valence electrons. The third-order valence-electron chi connectivity index (χ3n) is 3.43. The summed E-state index contributed by atoms with van der Waals surface area (Å²) in [6.45, 7) is 10.3. The first-order valence-electron chi connectivity index (χ1n) is 5.16. The van der Waals surface area contributed by atoms with Gasteiger partial charge in [0, 0.05) is 11.4 Å². The van der Waals surface area contributed by atoms with Gasteiger partial charge in [-0.05, 0) is 51.3 Å². The quantitative estimate of drug-likeness (QED) is 0.714. The largest absolute Gasteiger partial charge is 0.385 e. The molecule has 0 fully saturated rings. The minimum atomic E-state index is 0.815. The third kappa shape index (κ3) is 1.16. The van der Waals surface area contributed by atoms with Crippen molar-refractivity contribution in [3.63, 3.8) is 0 Å². The van der Waals surface area contributed by atoms with Crippen LogP contribution in [0.3, 0.4) is 0 Å². The highest BCUT2D eigenvalue weighted by atomic mass is 15.1. The second-order valence-electron chi connectivity index (χ2n) is 4.20. The molecule has 2 N–H and O–H groups in total. The molecule has 0 aliphatic carbocycles. The van der Waals surface area contributed by atoms with Gasteiger partial charge >= 0.3 is 0 Å². The van der Waals surface area contributed by atoms with Crippen molar-refractivity contribution in [3.05, 3.63) is 28.1 Å². The molecule has 3 heteroatoms. The lowest BCUT2D eigenvalue weighted by molar-refractivity contribution is 0.995. The summed E-state index contributed by atoms with van der Waals surface area (Å²) >= 11 is 0. The highest BCUT2D eigenvalue weighted by molar-refractivity contribution is 5.65. The molecule has 0 aromatic carbocycles. The second kappa shape index (κ2) is 2.99. The first-order valence-corrected chi connectivity index (χ1v) is 5.16. The summed E-state index contributed by atoms with van der Waals surface area (Å²) in [5.74, 6) is 0.815. The molecule has 2 rings (SSSR count). The Morgan fingerprint density at radius 1 is 0.933 bits per heavy atom. The van der Waals surface area contributed by atoms with E-state index in [-0.39, 0.29) is 0 Å². The average Bonchev–Trinajstić information content (AvgIpc) is 2.40. The molecule has 0 aliphatic rings. The van der Waals surface area contributed by atoms with Gasteiger partial charge in [0.05, 0.1) is 0 Å². The molecule has 15 heavy (non-hydrogen) atoms. The maximum atomic E-state index is 6.08. The Balaban J connectivity index is 3.06. The van der Waals surface area contributed by atoms with Crippen molar-refractivity contribution in [3.8, 4) is 0 Å². The maximum absolute atomic E-state index is 6.08. The Hall–Kier alpha value is -1.51. The zero-order chi connectivity index (χ0) is 11.3. The standard InChI is InChI=1S/C12H17N3/c1-6-7(2)12-14-9(4)8(3)10(5)15(12)11(6)13/h13H2,1-5H3. The zero-order valence-corrected chi connectivity index (χ0v) is 9.97. The molecular formula is C12H17N3. The number of aryl methyl sites for hydroxylation is 3. The molecule has 0 saturated heterocycles. The molecule has 0 aliphatic heterocycles. The Morgan fingerprint density at radius 3 is 2.13 bits per heavy atom. The summed E-state index contributed by atoms with van der Waals surface area (Å²) in [6, 6.07) is 0. The van der Waals surface area contributed by atoms with Crippen molar-refractivity contribution in [1.82, 2.24) is 9.38 Å². The third-order valence-corrected chi connectivity index (χ3v) is 3.43. The van der Waals surface area contributed by atoms with Crippen molar-refractivity contribution < 1.29 is 0 Å². The number of hydrogen-bond donors (Lipinski definition) is 1. The molecule has 0 bridgehead atoms. The van der Waals surface area contributed by atoms with Crippen LogP contribution in [0.5, 0.6) is 0 Å². The van der Waals surface area contributed by atoms with Crippen molar-refractivity contribution in [2.75, 3.05) is 5.73 Å². The lowest BCUT2D eigenvalue weighted by atomic mass is 10.2. The van der Waals surface area contributed by atoms with Gasteiger partial charge in [0.1, 0.15) is 11.5 Å². The molecule has 0 atom stereocenters. The monoisotopic (exact) mass is 203 g/mol. The van der Waals surface area contributed by atoms with E-state index in [1.165, 1.54) is 16.8 Å². The summed E-state index contributed by atoms with van der Waals surface area (Å²) < 4.78 is 2.05. The molecule has 0 radical (unpaired) electrons. The van der Waals surface area contributed by atoms with Gasteiger partial charge in [0.25, 0.3) is 0 Å². The number of nitrogens with zero attached hydrogens (tertiary/aromatic N) is 2. The van der Waals surface area contributed by atoms with E-state index in [0.29, 0.717) is 0 Å². The van der Waals surface area contributed by atoms with E-state index in [0.717, 1.165) is 22.7 Å². The van der Waals surface area contributed by atoms with Gasteiger partial charge < -0.3 is 5.73 Å². The van der Waals surface area contributed by atoms with Crippen molar-refractivity contribution in [2.45, 2.75) is 34.6 Å². The van der Waals surface area contributed by atoms with E-state index in [1.807, 2.05) is 18.2 Å². The van der Waals surface area contributed by atoms with Gasteiger partial charge in [-0.1, -0.05) is 0 Å². The summed E-state index contributed by atoms with van der Waals surface area (Å²) in [5, 5.41) is 0. The van der Waals surface area contributed by atoms with Crippen LogP contribution in [0.1, 0.15) is 28.1 Å². The van der Waals surface area contributed by atoms with Gasteiger partial charge in [0.2, 0.25) is 0 Å². The number of hydrogen-bond acceptors (Lipinski definition) is 2. The molecule has 2 aromatic rings. The van der Waals surface area contributed by atoms with Crippen LogP contribution in [0.2, 0.25) is 0 Å². The Labute approximate surface area is 89.9 Å². The highest BCUT2D eigenvalue weighted by Crippen LogP contribution is 2.26. The molecule has 2 aromatic heterocycles. The zero-order valence-electron chi connectivity index (χ0n) is 9.97.